The number of halogens is 2. The molecule has 0 heterocycles. The Labute approximate surface area is 153 Å². The van der Waals surface area contributed by atoms with Crippen LogP contribution in [0.5, 0.6) is 5.75 Å². The van der Waals surface area contributed by atoms with E-state index < -0.39 is 0 Å². The molecule has 1 N–H and O–H groups in total. The predicted octanol–water partition coefficient (Wildman–Crippen LogP) is 3.82. The molecule has 0 aliphatic rings. The quantitative estimate of drug-likeness (QED) is 0.813. The molecule has 0 saturated carbocycles. The summed E-state index contributed by atoms with van der Waals surface area (Å²) in [4.78, 5) is 25.8. The van der Waals surface area contributed by atoms with Gasteiger partial charge in [0.05, 0.1) is 19.3 Å². The molecule has 0 aliphatic carbocycles. The number of hydrogen-bond acceptors (Lipinski definition) is 3. The zero-order chi connectivity index (χ0) is 17.7. The summed E-state index contributed by atoms with van der Waals surface area (Å²) in [5.74, 6) is -0.0890. The Balaban J connectivity index is 2.02. The third-order valence-electron chi connectivity index (χ3n) is 3.25. The van der Waals surface area contributed by atoms with Crippen LogP contribution in [0.25, 0.3) is 0 Å². The first-order valence-corrected chi connectivity index (χ1v) is 8.22. The largest absolute Gasteiger partial charge is 0.495 e. The van der Waals surface area contributed by atoms with Crippen LogP contribution in [-0.2, 0) is 4.79 Å². The van der Waals surface area contributed by atoms with Gasteiger partial charge in [-0.15, -0.1) is 0 Å². The summed E-state index contributed by atoms with van der Waals surface area (Å²) in [6.45, 7) is -0.0927. The molecule has 5 nitrogen and oxygen atoms in total. The van der Waals surface area contributed by atoms with Crippen LogP contribution >= 0.6 is 27.5 Å². The standard InChI is InChI=1S/C17H16BrClN2O3/c1-21(17(23)11-3-5-12(18)6-4-11)10-16(22)20-14-9-13(19)7-8-15(14)24-2/h3-9H,10H2,1-2H3,(H,20,22). The highest BCUT2D eigenvalue weighted by Crippen LogP contribution is 2.27. The molecule has 0 saturated heterocycles. The van der Waals surface area contributed by atoms with E-state index in [4.69, 9.17) is 16.3 Å². The van der Waals surface area contributed by atoms with Crippen LogP contribution in [0.3, 0.4) is 0 Å². The number of ether oxygens (including phenoxy) is 1. The molecule has 0 unspecified atom stereocenters. The van der Waals surface area contributed by atoms with Crippen LogP contribution in [0.1, 0.15) is 10.4 Å². The Kier molecular flexibility index (Phi) is 6.23. The monoisotopic (exact) mass is 410 g/mol. The van der Waals surface area contributed by atoms with E-state index in [-0.39, 0.29) is 18.4 Å². The number of benzene rings is 2. The van der Waals surface area contributed by atoms with Crippen LogP contribution in [0.15, 0.2) is 46.9 Å². The highest BCUT2D eigenvalue weighted by atomic mass is 79.9. The zero-order valence-electron chi connectivity index (χ0n) is 13.2. The number of carbonyl (C=O) groups is 2. The molecule has 2 rings (SSSR count). The Bertz CT molecular complexity index is 750. The Morgan fingerprint density at radius 1 is 1.21 bits per heavy atom. The van der Waals surface area contributed by atoms with Gasteiger partial charge in [-0.2, -0.15) is 0 Å². The SMILES string of the molecule is COc1ccc(Cl)cc1NC(=O)CN(C)C(=O)c1ccc(Br)cc1. The molecule has 2 amide bonds. The Morgan fingerprint density at radius 3 is 2.50 bits per heavy atom. The van der Waals surface area contributed by atoms with Crippen LogP contribution in [0, 0.1) is 0 Å². The summed E-state index contributed by atoms with van der Waals surface area (Å²) in [6.07, 6.45) is 0. The first-order chi connectivity index (χ1) is 11.4. The number of likely N-dealkylation sites (N-methyl/N-ethyl adjacent to an activating group) is 1. The number of methoxy groups -OCH3 is 1. The number of anilines is 1. The number of rotatable bonds is 5. The highest BCUT2D eigenvalue weighted by Gasteiger charge is 2.16. The lowest BCUT2D eigenvalue weighted by atomic mass is 10.2. The van der Waals surface area contributed by atoms with Crippen molar-refractivity contribution in [1.29, 1.82) is 0 Å². The van der Waals surface area contributed by atoms with Crippen molar-refractivity contribution in [2.24, 2.45) is 0 Å². The molecule has 0 radical (unpaired) electrons. The van der Waals surface area contributed by atoms with Gasteiger partial charge in [0.15, 0.2) is 0 Å². The van der Waals surface area contributed by atoms with E-state index >= 15 is 0 Å². The molecular formula is C17H16BrClN2O3. The number of nitrogens with zero attached hydrogens (tertiary/aromatic N) is 1. The molecule has 7 heteroatoms. The lowest BCUT2D eigenvalue weighted by Crippen LogP contribution is -2.35. The summed E-state index contributed by atoms with van der Waals surface area (Å²) in [7, 11) is 3.07. The van der Waals surface area contributed by atoms with Gasteiger partial charge in [0.2, 0.25) is 5.91 Å². The van der Waals surface area contributed by atoms with Crippen molar-refractivity contribution in [3.63, 3.8) is 0 Å². The van der Waals surface area contributed by atoms with Crippen molar-refractivity contribution < 1.29 is 14.3 Å². The van der Waals surface area contributed by atoms with Gasteiger partial charge in [-0.3, -0.25) is 9.59 Å². The molecular weight excluding hydrogens is 396 g/mol. The van der Waals surface area contributed by atoms with Crippen LogP contribution in [-0.4, -0.2) is 37.4 Å². The topological polar surface area (TPSA) is 58.6 Å². The maximum absolute atomic E-state index is 12.3. The molecule has 126 valence electrons. The molecule has 2 aromatic rings. The molecule has 0 atom stereocenters. The highest BCUT2D eigenvalue weighted by molar-refractivity contribution is 9.10. The summed E-state index contributed by atoms with van der Waals surface area (Å²) < 4.78 is 6.06. The summed E-state index contributed by atoms with van der Waals surface area (Å²) >= 11 is 9.25. The third kappa shape index (κ3) is 4.72. The number of amides is 2. The second-order valence-corrected chi connectivity index (χ2v) is 6.41. The van der Waals surface area contributed by atoms with Gasteiger partial charge < -0.3 is 15.0 Å². The van der Waals surface area contributed by atoms with Crippen molar-refractivity contribution in [2.45, 2.75) is 0 Å². The third-order valence-corrected chi connectivity index (χ3v) is 4.02. The minimum absolute atomic E-state index is 0.0927. The van der Waals surface area contributed by atoms with E-state index in [1.54, 1.807) is 49.5 Å². The van der Waals surface area contributed by atoms with E-state index in [9.17, 15) is 9.59 Å². The maximum atomic E-state index is 12.3. The van der Waals surface area contributed by atoms with E-state index in [1.165, 1.54) is 12.0 Å². The van der Waals surface area contributed by atoms with E-state index in [2.05, 4.69) is 21.2 Å². The minimum atomic E-state index is -0.344. The fraction of sp³-hybridized carbons (Fsp3) is 0.176. The van der Waals surface area contributed by atoms with Crippen molar-refractivity contribution in [3.8, 4) is 5.75 Å². The molecule has 0 spiro atoms. The first kappa shape index (κ1) is 18.3. The van der Waals surface area contributed by atoms with Crippen LogP contribution in [0.2, 0.25) is 5.02 Å². The lowest BCUT2D eigenvalue weighted by Gasteiger charge is -2.17. The van der Waals surface area contributed by atoms with E-state index in [0.717, 1.165) is 4.47 Å². The van der Waals surface area contributed by atoms with Crippen molar-refractivity contribution in [3.05, 3.63) is 57.5 Å². The van der Waals surface area contributed by atoms with E-state index in [1.807, 2.05) is 0 Å². The number of nitrogens with one attached hydrogen (secondary N) is 1. The minimum Gasteiger partial charge on any atom is -0.495 e. The average Bonchev–Trinajstić information content (AvgIpc) is 2.55. The Hall–Kier alpha value is -2.05. The smallest absolute Gasteiger partial charge is 0.254 e. The number of hydrogen-bond donors (Lipinski definition) is 1. The molecule has 0 aliphatic heterocycles. The molecule has 24 heavy (non-hydrogen) atoms. The fourth-order valence-corrected chi connectivity index (χ4v) is 2.50. The number of carbonyl (C=O) groups excluding carboxylic acids is 2. The van der Waals surface area contributed by atoms with Gasteiger partial charge in [0.25, 0.3) is 5.91 Å². The van der Waals surface area contributed by atoms with Gasteiger partial charge in [0, 0.05) is 22.1 Å². The lowest BCUT2D eigenvalue weighted by molar-refractivity contribution is -0.116. The summed E-state index contributed by atoms with van der Waals surface area (Å²) in [5, 5.41) is 3.18. The van der Waals surface area contributed by atoms with Crippen molar-refractivity contribution in [1.82, 2.24) is 4.90 Å². The summed E-state index contributed by atoms with van der Waals surface area (Å²) in [5.41, 5.74) is 0.966. The van der Waals surface area contributed by atoms with Gasteiger partial charge in [-0.05, 0) is 42.5 Å². The van der Waals surface area contributed by atoms with Gasteiger partial charge in [-0.1, -0.05) is 27.5 Å². The maximum Gasteiger partial charge on any atom is 0.254 e. The molecule has 0 bridgehead atoms. The van der Waals surface area contributed by atoms with E-state index in [0.29, 0.717) is 22.0 Å². The zero-order valence-corrected chi connectivity index (χ0v) is 15.5. The fourth-order valence-electron chi connectivity index (χ4n) is 2.07. The van der Waals surface area contributed by atoms with Crippen LogP contribution < -0.4 is 10.1 Å². The second-order valence-electron chi connectivity index (χ2n) is 5.06. The molecule has 2 aromatic carbocycles. The van der Waals surface area contributed by atoms with Crippen molar-refractivity contribution in [2.75, 3.05) is 26.0 Å². The van der Waals surface area contributed by atoms with Gasteiger partial charge >= 0.3 is 0 Å². The second kappa shape index (κ2) is 8.17. The predicted molar refractivity (Wildman–Crippen MR) is 97.7 cm³/mol. The van der Waals surface area contributed by atoms with Crippen LogP contribution in [0.4, 0.5) is 5.69 Å². The first-order valence-electron chi connectivity index (χ1n) is 7.05. The molecule has 0 aromatic heterocycles. The van der Waals surface area contributed by atoms with Gasteiger partial charge in [-0.25, -0.2) is 0 Å². The van der Waals surface area contributed by atoms with Crippen molar-refractivity contribution >= 4 is 45.0 Å². The molecule has 0 fully saturated rings. The summed E-state index contributed by atoms with van der Waals surface area (Å²) in [6, 6.07) is 11.9. The average molecular weight is 412 g/mol. The Morgan fingerprint density at radius 2 is 1.88 bits per heavy atom. The van der Waals surface area contributed by atoms with Gasteiger partial charge in [0.1, 0.15) is 5.75 Å². The normalized spacial score (nSPS) is 10.2.